The summed E-state index contributed by atoms with van der Waals surface area (Å²) in [6, 6.07) is 0. The summed E-state index contributed by atoms with van der Waals surface area (Å²) < 4.78 is 26.1. The van der Waals surface area contributed by atoms with Gasteiger partial charge in [0.15, 0.2) is 0 Å². The van der Waals surface area contributed by atoms with E-state index >= 15 is 0 Å². The second-order valence-corrected chi connectivity index (χ2v) is 14.2. The molecule has 0 spiro atoms. The summed E-state index contributed by atoms with van der Waals surface area (Å²) in [6.45, 7) is 11.3. The second kappa shape index (κ2) is 6.02. The molecular formula is C7H23NO4Si4. The van der Waals surface area contributed by atoms with Crippen LogP contribution in [0.1, 0.15) is 6.92 Å². The third kappa shape index (κ3) is 3.85. The van der Waals surface area contributed by atoms with Crippen LogP contribution in [0.15, 0.2) is 0 Å². The number of hydrogen-bond acceptors (Lipinski definition) is 5. The quantitative estimate of drug-likeness (QED) is 0.678. The average Bonchev–Trinajstić information content (AvgIpc) is 2.13. The maximum absolute atomic E-state index is 6.12. The van der Waals surface area contributed by atoms with Gasteiger partial charge in [0.25, 0.3) is 9.28 Å². The molecule has 1 rings (SSSR count). The van der Waals surface area contributed by atoms with Crippen LogP contribution in [0, 0.1) is 0 Å². The van der Waals surface area contributed by atoms with Gasteiger partial charge in [0.2, 0.25) is 0 Å². The molecule has 5 nitrogen and oxygen atoms in total. The van der Waals surface area contributed by atoms with Crippen molar-refractivity contribution in [2.75, 3.05) is 13.6 Å². The van der Waals surface area contributed by atoms with Crippen LogP contribution in [0.4, 0.5) is 0 Å². The lowest BCUT2D eigenvalue weighted by atomic mass is 10.8. The molecule has 0 aliphatic carbocycles. The van der Waals surface area contributed by atoms with Gasteiger partial charge in [-0.25, -0.2) is 0 Å². The molecule has 0 radical (unpaired) electrons. The van der Waals surface area contributed by atoms with Gasteiger partial charge >= 0.3 is 27.3 Å². The summed E-state index contributed by atoms with van der Waals surface area (Å²) >= 11 is 0. The Morgan fingerprint density at radius 3 is 1.81 bits per heavy atom. The lowest BCUT2D eigenvalue weighted by Crippen LogP contribution is -2.61. The molecule has 0 N–H and O–H groups in total. The molecule has 0 saturated carbocycles. The SMILES string of the molecule is CCN(C)[Si]1(C)O[SiH](C)O[SiH](C)O[SiH](C)O1. The largest absolute Gasteiger partial charge is 0.420 e. The van der Waals surface area contributed by atoms with E-state index in [1.54, 1.807) is 0 Å². The van der Waals surface area contributed by atoms with Crippen molar-refractivity contribution < 1.29 is 16.5 Å². The van der Waals surface area contributed by atoms with Crippen LogP contribution in [0.3, 0.4) is 0 Å². The van der Waals surface area contributed by atoms with Crippen LogP contribution < -0.4 is 0 Å². The molecule has 1 saturated heterocycles. The average molecular weight is 298 g/mol. The Morgan fingerprint density at radius 2 is 1.44 bits per heavy atom. The zero-order valence-electron chi connectivity index (χ0n) is 11.0. The molecule has 0 aromatic rings. The molecule has 96 valence electrons. The smallest absolute Gasteiger partial charge is 0.406 e. The Bertz CT molecular complexity index is 220. The first-order chi connectivity index (χ1) is 7.37. The van der Waals surface area contributed by atoms with E-state index in [0.717, 1.165) is 6.54 Å². The molecule has 1 aliphatic heterocycles. The monoisotopic (exact) mass is 297 g/mol. The molecular weight excluding hydrogens is 274 g/mol. The number of rotatable bonds is 2. The van der Waals surface area contributed by atoms with Gasteiger partial charge in [-0.3, -0.25) is 4.57 Å². The molecule has 1 heterocycles. The molecule has 2 atom stereocenters. The van der Waals surface area contributed by atoms with Crippen LogP contribution in [0.2, 0.25) is 26.2 Å². The predicted molar refractivity (Wildman–Crippen MR) is 73.3 cm³/mol. The summed E-state index contributed by atoms with van der Waals surface area (Å²) in [5, 5.41) is 0. The van der Waals surface area contributed by atoms with Crippen LogP contribution >= 0.6 is 0 Å². The third-order valence-electron chi connectivity index (χ3n) is 2.70. The van der Waals surface area contributed by atoms with Crippen LogP contribution in [0.25, 0.3) is 0 Å². The molecule has 0 aromatic heterocycles. The first-order valence-corrected chi connectivity index (χ1v) is 14.3. The summed E-state index contributed by atoms with van der Waals surface area (Å²) in [6.07, 6.45) is 0. The van der Waals surface area contributed by atoms with Crippen molar-refractivity contribution in [3.05, 3.63) is 0 Å². The Hall–Kier alpha value is 0.668. The maximum Gasteiger partial charge on any atom is 0.406 e. The zero-order chi connectivity index (χ0) is 12.3. The van der Waals surface area contributed by atoms with Crippen molar-refractivity contribution in [1.82, 2.24) is 4.57 Å². The normalized spacial score (nSPS) is 41.8. The van der Waals surface area contributed by atoms with E-state index < -0.39 is 36.6 Å². The van der Waals surface area contributed by atoms with Crippen molar-refractivity contribution in [3.63, 3.8) is 0 Å². The van der Waals surface area contributed by atoms with E-state index in [2.05, 4.69) is 38.2 Å². The Labute approximate surface area is 105 Å². The highest BCUT2D eigenvalue weighted by Gasteiger charge is 2.43. The molecule has 0 bridgehead atoms. The zero-order valence-corrected chi connectivity index (χ0v) is 15.5. The maximum atomic E-state index is 6.12. The lowest BCUT2D eigenvalue weighted by Gasteiger charge is -2.41. The predicted octanol–water partition coefficient (Wildman–Crippen LogP) is 0.138. The summed E-state index contributed by atoms with van der Waals surface area (Å²) in [7, 11) is -4.89. The molecule has 9 heteroatoms. The van der Waals surface area contributed by atoms with Gasteiger partial charge in [-0.1, -0.05) is 6.92 Å². The van der Waals surface area contributed by atoms with Gasteiger partial charge in [-0.2, -0.15) is 0 Å². The minimum atomic E-state index is -2.25. The third-order valence-corrected chi connectivity index (χ3v) is 16.7. The number of nitrogens with zero attached hydrogens (tertiary/aromatic N) is 1. The van der Waals surface area contributed by atoms with Crippen molar-refractivity contribution in [3.8, 4) is 0 Å². The molecule has 0 amide bonds. The van der Waals surface area contributed by atoms with Crippen molar-refractivity contribution in [1.29, 1.82) is 0 Å². The lowest BCUT2D eigenvalue weighted by molar-refractivity contribution is 0.226. The van der Waals surface area contributed by atoms with Crippen molar-refractivity contribution >= 4 is 36.6 Å². The molecule has 0 aromatic carbocycles. The van der Waals surface area contributed by atoms with E-state index in [1.165, 1.54) is 0 Å². The highest BCUT2D eigenvalue weighted by atomic mass is 28.5. The fourth-order valence-corrected chi connectivity index (χ4v) is 16.0. The van der Waals surface area contributed by atoms with Gasteiger partial charge in [0, 0.05) is 0 Å². The summed E-state index contributed by atoms with van der Waals surface area (Å²) in [5.41, 5.74) is 0. The van der Waals surface area contributed by atoms with Crippen molar-refractivity contribution in [2.24, 2.45) is 0 Å². The van der Waals surface area contributed by atoms with E-state index in [0.29, 0.717) is 0 Å². The van der Waals surface area contributed by atoms with E-state index in [1.807, 2.05) is 6.55 Å². The minimum Gasteiger partial charge on any atom is -0.420 e. The second-order valence-electron chi connectivity index (χ2n) is 4.12. The minimum absolute atomic E-state index is 0.929. The summed E-state index contributed by atoms with van der Waals surface area (Å²) in [4.78, 5) is 0. The summed E-state index contributed by atoms with van der Waals surface area (Å²) in [5.74, 6) is 0. The fraction of sp³-hybridized carbons (Fsp3) is 1.00. The molecule has 2 unspecified atom stereocenters. The van der Waals surface area contributed by atoms with Gasteiger partial charge in [-0.15, -0.1) is 0 Å². The molecule has 1 aliphatic rings. The van der Waals surface area contributed by atoms with Gasteiger partial charge in [-0.05, 0) is 39.8 Å². The fourth-order valence-electron chi connectivity index (χ4n) is 1.74. The first-order valence-electron chi connectivity index (χ1n) is 5.75. The van der Waals surface area contributed by atoms with Gasteiger partial charge in [0.1, 0.15) is 0 Å². The Kier molecular flexibility index (Phi) is 5.54. The van der Waals surface area contributed by atoms with Crippen LogP contribution in [-0.2, 0) is 16.5 Å². The first kappa shape index (κ1) is 14.7. The van der Waals surface area contributed by atoms with Gasteiger partial charge in [0.05, 0.1) is 0 Å². The van der Waals surface area contributed by atoms with E-state index in [-0.39, 0.29) is 0 Å². The topological polar surface area (TPSA) is 40.2 Å². The Morgan fingerprint density at radius 1 is 1.00 bits per heavy atom. The van der Waals surface area contributed by atoms with E-state index in [9.17, 15) is 0 Å². The van der Waals surface area contributed by atoms with E-state index in [4.69, 9.17) is 16.5 Å². The standard InChI is InChI=1S/C7H23NO4Si4/c1-7-8(2)16(6)11-14(4)9-13(3)10-15(5)12-16/h13-15H,7H2,1-6H3. The van der Waals surface area contributed by atoms with Gasteiger partial charge < -0.3 is 16.5 Å². The molecule has 1 fully saturated rings. The van der Waals surface area contributed by atoms with Crippen LogP contribution in [-0.4, -0.2) is 54.7 Å². The number of hydrogen-bond donors (Lipinski definition) is 0. The highest BCUT2D eigenvalue weighted by Crippen LogP contribution is 2.18. The van der Waals surface area contributed by atoms with Crippen LogP contribution in [0.5, 0.6) is 0 Å². The van der Waals surface area contributed by atoms with Crippen molar-refractivity contribution in [2.45, 2.75) is 33.1 Å². The molecule has 16 heavy (non-hydrogen) atoms. The highest BCUT2D eigenvalue weighted by molar-refractivity contribution is 6.79. The Balaban J connectivity index is 2.76.